The van der Waals surface area contributed by atoms with Crippen molar-refractivity contribution in [3.05, 3.63) is 235 Å². The molecule has 0 saturated heterocycles. The number of aromatic nitrogens is 2. The summed E-state index contributed by atoms with van der Waals surface area (Å²) in [6, 6.07) is 80.1. The molecule has 0 bridgehead atoms. The van der Waals surface area contributed by atoms with E-state index >= 15 is 0 Å². The molecule has 2 aliphatic rings. The zero-order valence-electron chi connectivity index (χ0n) is 35.0. The van der Waals surface area contributed by atoms with Crippen molar-refractivity contribution in [3.63, 3.8) is 0 Å². The van der Waals surface area contributed by atoms with Gasteiger partial charge < -0.3 is 13.7 Å². The van der Waals surface area contributed by atoms with Gasteiger partial charge in [0.25, 0.3) is 0 Å². The van der Waals surface area contributed by atoms with Crippen LogP contribution in [-0.2, 0) is 5.41 Å². The average molecular weight is 842 g/mol. The summed E-state index contributed by atoms with van der Waals surface area (Å²) in [5, 5.41) is 7.71. The molecule has 0 unspecified atom stereocenters. The van der Waals surface area contributed by atoms with Crippen molar-refractivity contribution >= 4 is 103 Å². The SMILES string of the molecule is c1ccc2c(c1)-c1ccccc1C21c2ccccc2-c2ccc(N(c3ccc4c(c3)sc3ccccc34)c3ccc4c(c3)n3c5ccccc5c5ccc6c7ccccc7n4c6c53)cc21. The maximum Gasteiger partial charge on any atom is 0.0789 e. The number of rotatable bonds is 3. The standard InChI is InChI=1S/C61H35N3S/c1-7-19-49-39(13-1)40-14-2-8-20-50(40)61(49)51-21-9-3-15-41(51)42-28-25-36(33-52(42)61)62(38-26-29-46-45-18-6-12-24-57(45)65-58(46)35-38)37-27-32-55-56(34-37)64-54-23-11-5-17-44(54)48-31-30-47-43-16-4-10-22-53(43)63(55)59(47)60(48)64/h1-35H. The molecule has 3 nitrogen and oxygen atoms in total. The van der Waals surface area contributed by atoms with Gasteiger partial charge in [0.15, 0.2) is 0 Å². The summed E-state index contributed by atoms with van der Waals surface area (Å²) in [6.45, 7) is 0. The highest BCUT2D eigenvalue weighted by atomic mass is 32.1. The topological polar surface area (TPSA) is 12.1 Å². The van der Waals surface area contributed by atoms with E-state index in [9.17, 15) is 0 Å². The first-order chi connectivity index (χ1) is 32.3. The first kappa shape index (κ1) is 34.3. The molecule has 2 aliphatic carbocycles. The van der Waals surface area contributed by atoms with Crippen LogP contribution in [0.2, 0.25) is 0 Å². The molecule has 0 N–H and O–H groups in total. The van der Waals surface area contributed by atoms with Gasteiger partial charge in [0, 0.05) is 58.8 Å². The first-order valence-electron chi connectivity index (χ1n) is 22.5. The van der Waals surface area contributed by atoms with Crippen LogP contribution in [0.3, 0.4) is 0 Å². The molecule has 4 heteroatoms. The Labute approximate surface area is 377 Å². The Morgan fingerprint density at radius 1 is 0.308 bits per heavy atom. The van der Waals surface area contributed by atoms with E-state index in [1.165, 1.54) is 119 Å². The quantitative estimate of drug-likeness (QED) is 0.161. The van der Waals surface area contributed by atoms with E-state index in [2.05, 4.69) is 226 Å². The van der Waals surface area contributed by atoms with Gasteiger partial charge >= 0.3 is 0 Å². The van der Waals surface area contributed by atoms with Gasteiger partial charge in [-0.3, -0.25) is 0 Å². The van der Waals surface area contributed by atoms with E-state index in [-0.39, 0.29) is 0 Å². The number of anilines is 3. The van der Waals surface area contributed by atoms with Gasteiger partial charge in [-0.25, -0.2) is 0 Å². The Balaban J connectivity index is 1.02. The first-order valence-corrected chi connectivity index (χ1v) is 23.3. The lowest BCUT2D eigenvalue weighted by Crippen LogP contribution is -2.26. The second kappa shape index (κ2) is 12.1. The Kier molecular flexibility index (Phi) is 6.38. The molecule has 14 aromatic rings. The molecule has 300 valence electrons. The van der Waals surface area contributed by atoms with Gasteiger partial charge in [-0.1, -0.05) is 152 Å². The highest BCUT2D eigenvalue weighted by Gasteiger charge is 2.51. The van der Waals surface area contributed by atoms with Crippen molar-refractivity contribution in [1.29, 1.82) is 0 Å². The Morgan fingerprint density at radius 3 is 1.43 bits per heavy atom. The van der Waals surface area contributed by atoms with E-state index in [4.69, 9.17) is 0 Å². The molecule has 0 fully saturated rings. The smallest absolute Gasteiger partial charge is 0.0789 e. The van der Waals surface area contributed by atoms with Gasteiger partial charge in [0.1, 0.15) is 0 Å². The number of fused-ring (bicyclic) bond motifs is 22. The van der Waals surface area contributed by atoms with Crippen LogP contribution in [0, 0.1) is 0 Å². The summed E-state index contributed by atoms with van der Waals surface area (Å²) in [5.41, 5.74) is 20.9. The van der Waals surface area contributed by atoms with Crippen molar-refractivity contribution in [2.45, 2.75) is 5.41 Å². The highest BCUT2D eigenvalue weighted by molar-refractivity contribution is 7.25. The minimum atomic E-state index is -0.452. The molecule has 65 heavy (non-hydrogen) atoms. The lowest BCUT2D eigenvalue weighted by molar-refractivity contribution is 0.793. The molecule has 4 heterocycles. The number of para-hydroxylation sites is 2. The maximum atomic E-state index is 2.54. The fourth-order valence-corrected chi connectivity index (χ4v) is 13.7. The monoisotopic (exact) mass is 841 g/mol. The molecule has 0 saturated carbocycles. The third-order valence-corrected chi connectivity index (χ3v) is 16.2. The van der Waals surface area contributed by atoms with Crippen LogP contribution < -0.4 is 4.90 Å². The second-order valence-electron chi connectivity index (χ2n) is 18.0. The molecule has 0 atom stereocenters. The van der Waals surface area contributed by atoms with Crippen molar-refractivity contribution < 1.29 is 0 Å². The molecule has 4 aromatic heterocycles. The number of nitrogens with zero attached hydrogens (tertiary/aromatic N) is 3. The predicted octanol–water partition coefficient (Wildman–Crippen LogP) is 16.4. The van der Waals surface area contributed by atoms with Crippen molar-refractivity contribution in [2.75, 3.05) is 4.90 Å². The van der Waals surface area contributed by atoms with Crippen LogP contribution >= 0.6 is 11.3 Å². The summed E-state index contributed by atoms with van der Waals surface area (Å²) in [5.74, 6) is 0. The van der Waals surface area contributed by atoms with E-state index in [0.717, 1.165) is 17.1 Å². The zero-order chi connectivity index (χ0) is 42.1. The molecule has 1 spiro atoms. The van der Waals surface area contributed by atoms with Gasteiger partial charge in [-0.15, -0.1) is 11.3 Å². The number of hydrogen-bond acceptors (Lipinski definition) is 2. The second-order valence-corrected chi connectivity index (χ2v) is 19.1. The van der Waals surface area contributed by atoms with Crippen molar-refractivity contribution in [1.82, 2.24) is 8.80 Å². The summed E-state index contributed by atoms with van der Waals surface area (Å²) < 4.78 is 7.65. The number of thiophene rings is 1. The number of hydrogen-bond donors (Lipinski definition) is 0. The van der Waals surface area contributed by atoms with E-state index in [1.54, 1.807) is 0 Å². The van der Waals surface area contributed by atoms with Crippen molar-refractivity contribution in [2.24, 2.45) is 0 Å². The van der Waals surface area contributed by atoms with Crippen LogP contribution in [-0.4, -0.2) is 8.80 Å². The van der Waals surface area contributed by atoms with Gasteiger partial charge in [0.2, 0.25) is 0 Å². The normalized spacial score (nSPS) is 13.7. The van der Waals surface area contributed by atoms with Crippen LogP contribution in [0.25, 0.3) is 97.1 Å². The molecule has 10 aromatic carbocycles. The zero-order valence-corrected chi connectivity index (χ0v) is 35.8. The highest BCUT2D eigenvalue weighted by Crippen LogP contribution is 2.63. The molecule has 16 rings (SSSR count). The van der Waals surface area contributed by atoms with Gasteiger partial charge in [-0.05, 0) is 105 Å². The van der Waals surface area contributed by atoms with Crippen molar-refractivity contribution in [3.8, 4) is 22.3 Å². The minimum Gasteiger partial charge on any atom is -0.310 e. The third-order valence-electron chi connectivity index (χ3n) is 15.0. The molecular formula is C61H35N3S. The summed E-state index contributed by atoms with van der Waals surface area (Å²) in [4.78, 5) is 2.51. The van der Waals surface area contributed by atoms with Crippen LogP contribution in [0.5, 0.6) is 0 Å². The predicted molar refractivity (Wildman–Crippen MR) is 273 cm³/mol. The van der Waals surface area contributed by atoms with E-state index < -0.39 is 5.41 Å². The minimum absolute atomic E-state index is 0.452. The summed E-state index contributed by atoms with van der Waals surface area (Å²) in [6.07, 6.45) is 0. The lowest BCUT2D eigenvalue weighted by atomic mass is 9.70. The van der Waals surface area contributed by atoms with Gasteiger partial charge in [0.05, 0.1) is 38.5 Å². The Morgan fingerprint density at radius 2 is 0.769 bits per heavy atom. The maximum absolute atomic E-state index is 2.54. The Hall–Kier alpha value is -8.18. The van der Waals surface area contributed by atoms with Gasteiger partial charge in [-0.2, -0.15) is 0 Å². The van der Waals surface area contributed by atoms with E-state index in [0.29, 0.717) is 0 Å². The van der Waals surface area contributed by atoms with E-state index in [1.807, 2.05) is 11.3 Å². The fourth-order valence-electron chi connectivity index (χ4n) is 12.5. The largest absolute Gasteiger partial charge is 0.310 e. The van der Waals surface area contributed by atoms with Crippen LogP contribution in [0.15, 0.2) is 212 Å². The fraction of sp³-hybridized carbons (Fsp3) is 0.0164. The molecule has 0 radical (unpaired) electrons. The van der Waals surface area contributed by atoms with Crippen LogP contribution in [0.4, 0.5) is 17.1 Å². The number of benzene rings is 10. The molecular weight excluding hydrogens is 807 g/mol. The third kappa shape index (κ3) is 4.13. The summed E-state index contributed by atoms with van der Waals surface area (Å²) >= 11 is 1.87. The summed E-state index contributed by atoms with van der Waals surface area (Å²) in [7, 11) is 0. The molecule has 0 amide bonds. The Bertz CT molecular complexity index is 4330. The average Bonchev–Trinajstić information content (AvgIpc) is 4.15. The van der Waals surface area contributed by atoms with Crippen LogP contribution in [0.1, 0.15) is 22.3 Å². The lowest BCUT2D eigenvalue weighted by Gasteiger charge is -2.32. The molecule has 0 aliphatic heterocycles.